The summed E-state index contributed by atoms with van der Waals surface area (Å²) in [5.41, 5.74) is 0. The van der Waals surface area contributed by atoms with Crippen LogP contribution < -0.4 is 0 Å². The monoisotopic (exact) mass is 280 g/mol. The van der Waals surface area contributed by atoms with Crippen LogP contribution in [-0.2, 0) is 19.1 Å². The highest BCUT2D eigenvalue weighted by Gasteiger charge is 2.19. The van der Waals surface area contributed by atoms with Crippen molar-refractivity contribution in [3.05, 3.63) is 0 Å². The smallest absolute Gasteiger partial charge is 0.306 e. The fourth-order valence-corrected chi connectivity index (χ4v) is 3.36. The van der Waals surface area contributed by atoms with Crippen LogP contribution in [0.25, 0.3) is 0 Å². The summed E-state index contributed by atoms with van der Waals surface area (Å²) in [4.78, 5) is 21.9. The molecule has 0 fully saturated rings. The molecular weight excluding hydrogens is 260 g/mol. The van der Waals surface area contributed by atoms with Gasteiger partial charge in [-0.2, -0.15) is 0 Å². The summed E-state index contributed by atoms with van der Waals surface area (Å²) in [6.07, 6.45) is 0.838. The number of carbonyl (C=O) groups excluding carboxylic acids is 2. The van der Waals surface area contributed by atoms with Crippen LogP contribution in [0.4, 0.5) is 0 Å². The Balaban J connectivity index is 3.72. The van der Waals surface area contributed by atoms with Crippen LogP contribution >= 0.6 is 23.5 Å². The second kappa shape index (κ2) is 8.69. The number of hydrogen-bond acceptors (Lipinski definition) is 6. The van der Waals surface area contributed by atoms with Crippen LogP contribution in [0, 0.1) is 0 Å². The van der Waals surface area contributed by atoms with E-state index in [1.807, 2.05) is 0 Å². The zero-order valence-corrected chi connectivity index (χ0v) is 12.4. The molecule has 4 nitrogen and oxygen atoms in total. The molecule has 6 heteroatoms. The van der Waals surface area contributed by atoms with Crippen molar-refractivity contribution < 1.29 is 19.1 Å². The van der Waals surface area contributed by atoms with E-state index in [1.54, 1.807) is 23.5 Å². The molecule has 0 aliphatic rings. The van der Waals surface area contributed by atoms with Gasteiger partial charge < -0.3 is 9.47 Å². The molecule has 100 valence electrons. The zero-order valence-electron chi connectivity index (χ0n) is 10.8. The molecule has 0 unspecified atom stereocenters. The van der Waals surface area contributed by atoms with Crippen LogP contribution in [0.5, 0.6) is 0 Å². The lowest BCUT2D eigenvalue weighted by Crippen LogP contribution is -2.14. The van der Waals surface area contributed by atoms with Crippen LogP contribution in [0.1, 0.15) is 26.7 Å². The Morgan fingerprint density at radius 1 is 0.941 bits per heavy atom. The Bertz CT molecular complexity index is 230. The highest BCUT2D eigenvalue weighted by molar-refractivity contribution is 8.18. The molecule has 0 aromatic heterocycles. The van der Waals surface area contributed by atoms with Crippen LogP contribution in [-0.4, -0.2) is 41.7 Å². The van der Waals surface area contributed by atoms with Crippen molar-refractivity contribution in [3.63, 3.8) is 0 Å². The molecule has 0 aliphatic heterocycles. The lowest BCUT2D eigenvalue weighted by atomic mass is 10.5. The second-order valence-corrected chi connectivity index (χ2v) is 7.44. The molecule has 0 rings (SSSR count). The number of rotatable bonds is 8. The Kier molecular flexibility index (Phi) is 8.51. The summed E-state index contributed by atoms with van der Waals surface area (Å²) in [6, 6.07) is 0. The molecule has 0 atom stereocenters. The Morgan fingerprint density at radius 2 is 1.29 bits per heavy atom. The Hall–Kier alpha value is -0.360. The summed E-state index contributed by atoms with van der Waals surface area (Å²) in [6.45, 7) is 4.16. The normalized spacial score (nSPS) is 11.1. The maximum absolute atomic E-state index is 10.9. The van der Waals surface area contributed by atoms with E-state index in [0.29, 0.717) is 12.8 Å². The molecule has 0 N–H and O–H groups in total. The van der Waals surface area contributed by atoms with E-state index in [4.69, 9.17) is 0 Å². The summed E-state index contributed by atoms with van der Waals surface area (Å²) in [7, 11) is 2.78. The van der Waals surface area contributed by atoms with E-state index in [2.05, 4.69) is 23.3 Å². The largest absolute Gasteiger partial charge is 0.469 e. The van der Waals surface area contributed by atoms with Crippen molar-refractivity contribution in [2.45, 2.75) is 30.8 Å². The summed E-state index contributed by atoms with van der Waals surface area (Å²) >= 11 is 3.38. The third-order valence-electron chi connectivity index (χ3n) is 1.97. The molecular formula is C11H20O4S2. The number of esters is 2. The maximum atomic E-state index is 10.9. The van der Waals surface area contributed by atoms with Gasteiger partial charge in [0.15, 0.2) is 0 Å². The minimum absolute atomic E-state index is 0.0119. The number of methoxy groups -OCH3 is 2. The second-order valence-electron chi connectivity index (χ2n) is 3.75. The first-order valence-corrected chi connectivity index (χ1v) is 7.30. The van der Waals surface area contributed by atoms with E-state index in [0.717, 1.165) is 11.5 Å². The topological polar surface area (TPSA) is 52.6 Å². The maximum Gasteiger partial charge on any atom is 0.306 e. The van der Waals surface area contributed by atoms with Gasteiger partial charge in [-0.1, -0.05) is 0 Å². The predicted octanol–water partition coefficient (Wildman–Crippen LogP) is 2.32. The number of hydrogen-bond donors (Lipinski definition) is 0. The average molecular weight is 280 g/mol. The van der Waals surface area contributed by atoms with Crippen molar-refractivity contribution in [1.82, 2.24) is 0 Å². The molecule has 0 spiro atoms. The first kappa shape index (κ1) is 16.6. The van der Waals surface area contributed by atoms with Crippen LogP contribution in [0.15, 0.2) is 0 Å². The zero-order chi connectivity index (χ0) is 13.3. The van der Waals surface area contributed by atoms with Crippen LogP contribution in [0.3, 0.4) is 0 Å². The van der Waals surface area contributed by atoms with Gasteiger partial charge >= 0.3 is 11.9 Å². The quantitative estimate of drug-likeness (QED) is 0.502. The third kappa shape index (κ3) is 9.35. The van der Waals surface area contributed by atoms with Gasteiger partial charge in [0, 0.05) is 11.5 Å². The van der Waals surface area contributed by atoms with Gasteiger partial charge in [-0.3, -0.25) is 9.59 Å². The molecule has 0 aliphatic carbocycles. The van der Waals surface area contributed by atoms with E-state index >= 15 is 0 Å². The molecule has 0 aromatic rings. The van der Waals surface area contributed by atoms with E-state index in [1.165, 1.54) is 14.2 Å². The van der Waals surface area contributed by atoms with Crippen molar-refractivity contribution in [2.75, 3.05) is 25.7 Å². The van der Waals surface area contributed by atoms with E-state index < -0.39 is 0 Å². The minimum atomic E-state index is -0.187. The molecule has 0 saturated heterocycles. The van der Waals surface area contributed by atoms with Gasteiger partial charge in [-0.25, -0.2) is 0 Å². The highest BCUT2D eigenvalue weighted by Crippen LogP contribution is 2.36. The molecule has 0 radical (unpaired) electrons. The Morgan fingerprint density at radius 3 is 1.59 bits per heavy atom. The van der Waals surface area contributed by atoms with E-state index in [-0.39, 0.29) is 16.0 Å². The summed E-state index contributed by atoms with van der Waals surface area (Å²) < 4.78 is 9.13. The van der Waals surface area contributed by atoms with Crippen LogP contribution in [0.2, 0.25) is 0 Å². The van der Waals surface area contributed by atoms with Gasteiger partial charge in [-0.05, 0) is 13.8 Å². The first-order valence-electron chi connectivity index (χ1n) is 5.33. The van der Waals surface area contributed by atoms with Crippen molar-refractivity contribution in [3.8, 4) is 0 Å². The lowest BCUT2D eigenvalue weighted by Gasteiger charge is -2.22. The molecule has 0 heterocycles. The van der Waals surface area contributed by atoms with Gasteiger partial charge in [0.1, 0.15) is 0 Å². The van der Waals surface area contributed by atoms with Gasteiger partial charge in [-0.15, -0.1) is 23.5 Å². The highest BCUT2D eigenvalue weighted by atomic mass is 32.2. The molecule has 0 saturated carbocycles. The fourth-order valence-electron chi connectivity index (χ4n) is 1.01. The standard InChI is InChI=1S/C11H20O4S2/c1-11(2,16-7-5-9(12)14-3)17-8-6-10(13)15-4/h5-8H2,1-4H3. The van der Waals surface area contributed by atoms with Gasteiger partial charge in [0.2, 0.25) is 0 Å². The lowest BCUT2D eigenvalue weighted by molar-refractivity contribution is -0.140. The van der Waals surface area contributed by atoms with Gasteiger partial charge in [0.25, 0.3) is 0 Å². The van der Waals surface area contributed by atoms with Crippen molar-refractivity contribution in [2.24, 2.45) is 0 Å². The number of carbonyl (C=O) groups is 2. The average Bonchev–Trinajstić information content (AvgIpc) is 2.27. The number of thioether (sulfide) groups is 2. The third-order valence-corrected chi connectivity index (χ3v) is 4.88. The van der Waals surface area contributed by atoms with E-state index in [9.17, 15) is 9.59 Å². The number of ether oxygens (including phenoxy) is 2. The minimum Gasteiger partial charge on any atom is -0.469 e. The molecule has 0 bridgehead atoms. The van der Waals surface area contributed by atoms with Crippen molar-refractivity contribution >= 4 is 35.5 Å². The molecule has 0 aromatic carbocycles. The first-order chi connectivity index (χ1) is 7.91. The molecule has 17 heavy (non-hydrogen) atoms. The van der Waals surface area contributed by atoms with Gasteiger partial charge in [0.05, 0.1) is 31.1 Å². The Labute approximate surface area is 111 Å². The van der Waals surface area contributed by atoms with Crippen molar-refractivity contribution in [1.29, 1.82) is 0 Å². The fraction of sp³-hybridized carbons (Fsp3) is 0.818. The predicted molar refractivity (Wildman–Crippen MR) is 72.3 cm³/mol. The SMILES string of the molecule is COC(=O)CCSC(C)(C)SCCC(=O)OC. The molecule has 0 amide bonds. The summed E-state index contributed by atoms with van der Waals surface area (Å²) in [5, 5.41) is 0. The summed E-state index contributed by atoms with van der Waals surface area (Å²) in [5.74, 6) is 1.08.